The summed E-state index contributed by atoms with van der Waals surface area (Å²) in [6, 6.07) is 1.46. The first-order valence-corrected chi connectivity index (χ1v) is 7.81. The van der Waals surface area contributed by atoms with Crippen molar-refractivity contribution in [1.82, 2.24) is 9.80 Å². The fourth-order valence-corrected chi connectivity index (χ4v) is 3.32. The van der Waals surface area contributed by atoms with Gasteiger partial charge in [0.15, 0.2) is 0 Å². The summed E-state index contributed by atoms with van der Waals surface area (Å²) < 4.78 is 5.30. The Morgan fingerprint density at radius 1 is 1.16 bits per heavy atom. The predicted molar refractivity (Wildman–Crippen MR) is 78.0 cm³/mol. The summed E-state index contributed by atoms with van der Waals surface area (Å²) >= 11 is 0. The lowest BCUT2D eigenvalue weighted by atomic mass is 10.0. The van der Waals surface area contributed by atoms with E-state index >= 15 is 0 Å². The molecule has 0 aliphatic carbocycles. The second-order valence-corrected chi connectivity index (χ2v) is 5.93. The van der Waals surface area contributed by atoms with E-state index in [1.165, 1.54) is 44.5 Å². The molecule has 0 saturated carbocycles. The number of ether oxygens (including phenoxy) is 1. The van der Waals surface area contributed by atoms with Gasteiger partial charge in [-0.25, -0.2) is 0 Å². The Hall–Kier alpha value is -0.800. The molecule has 0 aromatic heterocycles. The lowest BCUT2D eigenvalue weighted by Crippen LogP contribution is -2.54. The maximum absolute atomic E-state index is 5.30. The number of allylic oxidation sites excluding steroid dienone is 2. The van der Waals surface area contributed by atoms with Crippen molar-refractivity contribution >= 4 is 0 Å². The average molecular weight is 262 g/mol. The van der Waals surface area contributed by atoms with Crippen molar-refractivity contribution in [2.75, 3.05) is 32.8 Å². The van der Waals surface area contributed by atoms with Gasteiger partial charge in [0.1, 0.15) is 0 Å². The molecule has 0 amide bonds. The Bertz CT molecular complexity index is 352. The summed E-state index contributed by atoms with van der Waals surface area (Å²) in [4.78, 5) is 5.20. The number of nitrogens with zero attached hydrogens (tertiary/aromatic N) is 2. The zero-order valence-electron chi connectivity index (χ0n) is 12.1. The summed E-state index contributed by atoms with van der Waals surface area (Å²) in [5, 5.41) is 0. The Balaban J connectivity index is 1.51. The zero-order chi connectivity index (χ0) is 13.1. The molecule has 3 heteroatoms. The number of likely N-dealkylation sites (tertiary alicyclic amines) is 1. The van der Waals surface area contributed by atoms with Crippen molar-refractivity contribution in [2.24, 2.45) is 0 Å². The number of rotatable bonds is 3. The van der Waals surface area contributed by atoms with Gasteiger partial charge >= 0.3 is 0 Å². The van der Waals surface area contributed by atoms with Crippen LogP contribution in [-0.4, -0.2) is 54.7 Å². The molecule has 0 aromatic carbocycles. The monoisotopic (exact) mass is 262 g/mol. The van der Waals surface area contributed by atoms with Crippen LogP contribution in [0.4, 0.5) is 0 Å². The Kier molecular flexibility index (Phi) is 4.24. The molecule has 2 fully saturated rings. The molecule has 0 aromatic rings. The fourth-order valence-electron chi connectivity index (χ4n) is 3.32. The van der Waals surface area contributed by atoms with Crippen molar-refractivity contribution in [2.45, 2.75) is 44.7 Å². The van der Waals surface area contributed by atoms with E-state index in [1.807, 2.05) is 0 Å². The van der Waals surface area contributed by atoms with E-state index in [-0.39, 0.29) is 0 Å². The molecule has 3 aliphatic rings. The first kappa shape index (κ1) is 13.2. The molecule has 3 aliphatic heterocycles. The minimum atomic E-state index is 0.717. The van der Waals surface area contributed by atoms with Crippen LogP contribution in [0.3, 0.4) is 0 Å². The van der Waals surface area contributed by atoms with Crippen molar-refractivity contribution < 1.29 is 4.74 Å². The summed E-state index contributed by atoms with van der Waals surface area (Å²) in [5.41, 5.74) is 1.49. The van der Waals surface area contributed by atoms with Crippen LogP contribution in [0.5, 0.6) is 0 Å². The van der Waals surface area contributed by atoms with E-state index in [1.54, 1.807) is 0 Å². The predicted octanol–water partition coefficient (Wildman–Crippen LogP) is 2.41. The van der Waals surface area contributed by atoms with Crippen molar-refractivity contribution in [1.29, 1.82) is 0 Å². The van der Waals surface area contributed by atoms with E-state index in [4.69, 9.17) is 4.74 Å². The van der Waals surface area contributed by atoms with Crippen molar-refractivity contribution in [3.63, 3.8) is 0 Å². The molecule has 19 heavy (non-hydrogen) atoms. The van der Waals surface area contributed by atoms with Crippen LogP contribution >= 0.6 is 0 Å². The highest BCUT2D eigenvalue weighted by Gasteiger charge is 2.30. The third-order valence-electron chi connectivity index (χ3n) is 4.79. The van der Waals surface area contributed by atoms with E-state index < -0.39 is 0 Å². The van der Waals surface area contributed by atoms with Crippen LogP contribution in [0.25, 0.3) is 0 Å². The van der Waals surface area contributed by atoms with Gasteiger partial charge in [0.25, 0.3) is 0 Å². The second kappa shape index (κ2) is 6.10. The molecule has 0 spiro atoms. The second-order valence-electron chi connectivity index (χ2n) is 5.93. The molecule has 0 N–H and O–H groups in total. The number of hydrogen-bond acceptors (Lipinski definition) is 3. The number of piperidine rings is 1. The largest absolute Gasteiger partial charge is 0.378 e. The lowest BCUT2D eigenvalue weighted by Gasteiger charge is -2.43. The van der Waals surface area contributed by atoms with Crippen molar-refractivity contribution in [3.8, 4) is 0 Å². The third kappa shape index (κ3) is 3.03. The van der Waals surface area contributed by atoms with Crippen LogP contribution in [0, 0.1) is 0 Å². The molecule has 3 rings (SSSR count). The highest BCUT2D eigenvalue weighted by Crippen LogP contribution is 2.23. The van der Waals surface area contributed by atoms with Gasteiger partial charge in [0.2, 0.25) is 0 Å². The first-order chi connectivity index (χ1) is 9.36. The van der Waals surface area contributed by atoms with E-state index in [2.05, 4.69) is 35.1 Å². The minimum Gasteiger partial charge on any atom is -0.378 e. The summed E-state index contributed by atoms with van der Waals surface area (Å²) in [5.74, 6) is 0. The molecule has 0 unspecified atom stereocenters. The first-order valence-electron chi connectivity index (χ1n) is 7.81. The highest BCUT2D eigenvalue weighted by molar-refractivity contribution is 5.20. The van der Waals surface area contributed by atoms with Gasteiger partial charge in [0, 0.05) is 25.7 Å². The van der Waals surface area contributed by atoms with Crippen LogP contribution < -0.4 is 0 Å². The molecule has 2 saturated heterocycles. The highest BCUT2D eigenvalue weighted by atomic mass is 16.5. The van der Waals surface area contributed by atoms with Gasteiger partial charge in [0.05, 0.1) is 19.3 Å². The normalized spacial score (nSPS) is 27.0. The zero-order valence-corrected chi connectivity index (χ0v) is 12.1. The molecular weight excluding hydrogens is 236 g/mol. The van der Waals surface area contributed by atoms with Gasteiger partial charge in [-0.05, 0) is 38.0 Å². The van der Waals surface area contributed by atoms with Crippen LogP contribution in [-0.2, 0) is 4.74 Å². The Morgan fingerprint density at radius 2 is 1.95 bits per heavy atom. The minimum absolute atomic E-state index is 0.717. The SMILES string of the molecule is CCC1=CCCN(C2CCN(C3COC3)CC2)C=C1. The lowest BCUT2D eigenvalue weighted by molar-refractivity contribution is -0.0747. The van der Waals surface area contributed by atoms with E-state index in [9.17, 15) is 0 Å². The molecule has 0 radical (unpaired) electrons. The summed E-state index contributed by atoms with van der Waals surface area (Å²) in [6.45, 7) is 7.84. The summed E-state index contributed by atoms with van der Waals surface area (Å²) in [6.07, 6.45) is 12.0. The standard InChI is InChI=1S/C16H26N2O/c1-2-14-4-3-8-17(9-5-14)15-6-10-18(11-7-15)16-12-19-13-16/h4-5,9,15-16H,2-3,6-8,10-13H2,1H3. The quantitative estimate of drug-likeness (QED) is 0.777. The van der Waals surface area contributed by atoms with Gasteiger partial charge < -0.3 is 9.64 Å². The molecular formula is C16H26N2O. The Morgan fingerprint density at radius 3 is 2.58 bits per heavy atom. The average Bonchev–Trinajstić information content (AvgIpc) is 2.63. The Labute approximate surface area is 116 Å². The van der Waals surface area contributed by atoms with Crippen LogP contribution in [0.15, 0.2) is 23.9 Å². The summed E-state index contributed by atoms with van der Waals surface area (Å²) in [7, 11) is 0. The van der Waals surface area contributed by atoms with Gasteiger partial charge in [-0.2, -0.15) is 0 Å². The maximum atomic E-state index is 5.30. The smallest absolute Gasteiger partial charge is 0.0645 e. The van der Waals surface area contributed by atoms with Gasteiger partial charge in [-0.15, -0.1) is 0 Å². The van der Waals surface area contributed by atoms with E-state index in [0.29, 0.717) is 6.04 Å². The van der Waals surface area contributed by atoms with Crippen LogP contribution in [0.1, 0.15) is 32.6 Å². The van der Waals surface area contributed by atoms with Gasteiger partial charge in [-0.1, -0.05) is 18.6 Å². The van der Waals surface area contributed by atoms with Crippen LogP contribution in [0.2, 0.25) is 0 Å². The van der Waals surface area contributed by atoms with Crippen molar-refractivity contribution in [3.05, 3.63) is 23.9 Å². The molecule has 0 atom stereocenters. The molecule has 3 heterocycles. The molecule has 0 bridgehead atoms. The van der Waals surface area contributed by atoms with Gasteiger partial charge in [-0.3, -0.25) is 4.90 Å². The topological polar surface area (TPSA) is 15.7 Å². The molecule has 3 nitrogen and oxygen atoms in total. The fraction of sp³-hybridized carbons (Fsp3) is 0.750. The van der Waals surface area contributed by atoms with E-state index in [0.717, 1.165) is 25.7 Å². The third-order valence-corrected chi connectivity index (χ3v) is 4.79. The maximum Gasteiger partial charge on any atom is 0.0645 e. The number of hydrogen-bond donors (Lipinski definition) is 0. The molecule has 106 valence electrons.